The second kappa shape index (κ2) is 4.63. The Kier molecular flexibility index (Phi) is 2.99. The molecular formula is C13H13BrN2O. The van der Waals surface area contributed by atoms with Crippen LogP contribution in [0.1, 0.15) is 18.5 Å². The zero-order chi connectivity index (χ0) is 11.7. The lowest BCUT2D eigenvalue weighted by Gasteiger charge is -1.97. The molecule has 0 saturated heterocycles. The smallest absolute Gasteiger partial charge is 0.226 e. The highest BCUT2D eigenvalue weighted by molar-refractivity contribution is 9.10. The highest BCUT2D eigenvalue weighted by atomic mass is 79.9. The Labute approximate surface area is 108 Å². The van der Waals surface area contributed by atoms with Crippen molar-refractivity contribution in [3.8, 4) is 11.5 Å². The fourth-order valence-electron chi connectivity index (χ4n) is 1.68. The largest absolute Gasteiger partial charge is 0.444 e. The number of rotatable bonds is 4. The average molecular weight is 293 g/mol. The van der Waals surface area contributed by atoms with Crippen molar-refractivity contribution in [2.45, 2.75) is 25.4 Å². The van der Waals surface area contributed by atoms with Crippen molar-refractivity contribution < 1.29 is 4.42 Å². The number of nitrogens with zero attached hydrogens (tertiary/aromatic N) is 1. The fraction of sp³-hybridized carbons (Fsp3) is 0.308. The summed E-state index contributed by atoms with van der Waals surface area (Å²) >= 11 is 3.44. The molecule has 0 atom stereocenters. The van der Waals surface area contributed by atoms with E-state index in [0.29, 0.717) is 11.9 Å². The van der Waals surface area contributed by atoms with Gasteiger partial charge >= 0.3 is 0 Å². The standard InChI is InChI=1S/C13H13BrN2O/c14-10-3-1-2-9(6-10)13-16-12(8-17-13)7-15-11-4-5-11/h1-3,6,8,11,15H,4-5,7H2. The number of halogens is 1. The van der Waals surface area contributed by atoms with E-state index in [1.807, 2.05) is 24.3 Å². The summed E-state index contributed by atoms with van der Waals surface area (Å²) in [6, 6.07) is 8.66. The summed E-state index contributed by atoms with van der Waals surface area (Å²) < 4.78 is 6.52. The Morgan fingerprint density at radius 3 is 3.06 bits per heavy atom. The van der Waals surface area contributed by atoms with Crippen LogP contribution in [0.5, 0.6) is 0 Å². The van der Waals surface area contributed by atoms with E-state index in [0.717, 1.165) is 22.3 Å². The summed E-state index contributed by atoms with van der Waals surface area (Å²) in [5.41, 5.74) is 1.96. The van der Waals surface area contributed by atoms with E-state index < -0.39 is 0 Å². The van der Waals surface area contributed by atoms with Crippen molar-refractivity contribution in [2.24, 2.45) is 0 Å². The summed E-state index contributed by atoms with van der Waals surface area (Å²) in [6.45, 7) is 0.794. The third-order valence-electron chi connectivity index (χ3n) is 2.77. The molecule has 1 saturated carbocycles. The minimum Gasteiger partial charge on any atom is -0.444 e. The predicted octanol–water partition coefficient (Wildman–Crippen LogP) is 3.36. The van der Waals surface area contributed by atoms with E-state index in [2.05, 4.69) is 26.2 Å². The second-order valence-corrected chi connectivity index (χ2v) is 5.23. The molecule has 1 aliphatic rings. The minimum absolute atomic E-state index is 0.680. The molecule has 0 unspecified atom stereocenters. The molecule has 3 rings (SSSR count). The number of aromatic nitrogens is 1. The third kappa shape index (κ3) is 2.76. The van der Waals surface area contributed by atoms with Crippen LogP contribution in [-0.4, -0.2) is 11.0 Å². The van der Waals surface area contributed by atoms with Crippen LogP contribution in [0.4, 0.5) is 0 Å². The number of benzene rings is 1. The minimum atomic E-state index is 0.680. The quantitative estimate of drug-likeness (QED) is 0.939. The predicted molar refractivity (Wildman–Crippen MR) is 69.5 cm³/mol. The molecule has 0 aliphatic heterocycles. The van der Waals surface area contributed by atoms with Gasteiger partial charge in [-0.3, -0.25) is 0 Å². The van der Waals surface area contributed by atoms with Crippen molar-refractivity contribution in [1.82, 2.24) is 10.3 Å². The Morgan fingerprint density at radius 1 is 1.41 bits per heavy atom. The van der Waals surface area contributed by atoms with Crippen molar-refractivity contribution in [1.29, 1.82) is 0 Å². The first kappa shape index (κ1) is 11.0. The van der Waals surface area contributed by atoms with Crippen LogP contribution in [0.3, 0.4) is 0 Å². The van der Waals surface area contributed by atoms with Crippen LogP contribution >= 0.6 is 15.9 Å². The van der Waals surface area contributed by atoms with E-state index in [1.54, 1.807) is 6.26 Å². The molecular weight excluding hydrogens is 280 g/mol. The summed E-state index contributed by atoms with van der Waals surface area (Å²) in [5, 5.41) is 3.42. The van der Waals surface area contributed by atoms with Crippen LogP contribution in [0.25, 0.3) is 11.5 Å². The molecule has 0 radical (unpaired) electrons. The van der Waals surface area contributed by atoms with Gasteiger partial charge in [0.25, 0.3) is 0 Å². The lowest BCUT2D eigenvalue weighted by atomic mass is 10.2. The molecule has 88 valence electrons. The normalized spacial score (nSPS) is 15.1. The highest BCUT2D eigenvalue weighted by Gasteiger charge is 2.20. The topological polar surface area (TPSA) is 38.1 Å². The van der Waals surface area contributed by atoms with Crippen LogP contribution < -0.4 is 5.32 Å². The van der Waals surface area contributed by atoms with Crippen LogP contribution in [-0.2, 0) is 6.54 Å². The van der Waals surface area contributed by atoms with E-state index >= 15 is 0 Å². The molecule has 0 spiro atoms. The van der Waals surface area contributed by atoms with E-state index in [-0.39, 0.29) is 0 Å². The van der Waals surface area contributed by atoms with E-state index in [1.165, 1.54) is 12.8 Å². The lowest BCUT2D eigenvalue weighted by Crippen LogP contribution is -2.15. The highest BCUT2D eigenvalue weighted by Crippen LogP contribution is 2.23. The Morgan fingerprint density at radius 2 is 2.29 bits per heavy atom. The summed E-state index contributed by atoms with van der Waals surface area (Å²) in [5.74, 6) is 0.680. The molecule has 4 heteroatoms. The first-order valence-corrected chi connectivity index (χ1v) is 6.54. The van der Waals surface area contributed by atoms with Crippen molar-refractivity contribution in [3.63, 3.8) is 0 Å². The molecule has 1 aromatic carbocycles. The lowest BCUT2D eigenvalue weighted by molar-refractivity contribution is 0.570. The Hall–Kier alpha value is -1.13. The third-order valence-corrected chi connectivity index (χ3v) is 3.27. The van der Waals surface area contributed by atoms with Crippen LogP contribution in [0.2, 0.25) is 0 Å². The molecule has 1 fully saturated rings. The van der Waals surface area contributed by atoms with Gasteiger partial charge in [0, 0.05) is 22.6 Å². The fourth-order valence-corrected chi connectivity index (χ4v) is 2.08. The Balaban J connectivity index is 1.74. The maximum atomic E-state index is 5.49. The van der Waals surface area contributed by atoms with Gasteiger partial charge in [0.05, 0.1) is 5.69 Å². The zero-order valence-electron chi connectivity index (χ0n) is 9.32. The SMILES string of the molecule is Brc1cccc(-c2nc(CNC3CC3)co2)c1. The zero-order valence-corrected chi connectivity index (χ0v) is 10.9. The van der Waals surface area contributed by atoms with Gasteiger partial charge in [-0.25, -0.2) is 4.98 Å². The molecule has 1 N–H and O–H groups in total. The molecule has 0 bridgehead atoms. The van der Waals surface area contributed by atoms with E-state index in [4.69, 9.17) is 4.42 Å². The maximum absolute atomic E-state index is 5.49. The van der Waals surface area contributed by atoms with Crippen molar-refractivity contribution in [2.75, 3.05) is 0 Å². The van der Waals surface area contributed by atoms with Crippen LogP contribution in [0.15, 0.2) is 39.4 Å². The van der Waals surface area contributed by atoms with E-state index in [9.17, 15) is 0 Å². The number of hydrogen-bond acceptors (Lipinski definition) is 3. The molecule has 1 aliphatic carbocycles. The summed E-state index contributed by atoms with van der Waals surface area (Å²) in [6.07, 6.45) is 4.30. The van der Waals surface area contributed by atoms with Gasteiger partial charge in [-0.2, -0.15) is 0 Å². The van der Waals surface area contributed by atoms with Gasteiger partial charge in [-0.05, 0) is 31.0 Å². The van der Waals surface area contributed by atoms with Gasteiger partial charge < -0.3 is 9.73 Å². The maximum Gasteiger partial charge on any atom is 0.226 e. The van der Waals surface area contributed by atoms with Gasteiger partial charge in [0.15, 0.2) is 0 Å². The van der Waals surface area contributed by atoms with Crippen molar-refractivity contribution >= 4 is 15.9 Å². The average Bonchev–Trinajstić information content (AvgIpc) is 3.04. The summed E-state index contributed by atoms with van der Waals surface area (Å²) in [4.78, 5) is 4.47. The second-order valence-electron chi connectivity index (χ2n) is 4.31. The molecule has 3 nitrogen and oxygen atoms in total. The molecule has 0 amide bonds. The number of oxazole rings is 1. The summed E-state index contributed by atoms with van der Waals surface area (Å²) in [7, 11) is 0. The van der Waals surface area contributed by atoms with Crippen LogP contribution in [0, 0.1) is 0 Å². The van der Waals surface area contributed by atoms with Gasteiger partial charge in [0.1, 0.15) is 6.26 Å². The first-order valence-electron chi connectivity index (χ1n) is 5.75. The number of nitrogens with one attached hydrogen (secondary N) is 1. The monoisotopic (exact) mass is 292 g/mol. The number of hydrogen-bond donors (Lipinski definition) is 1. The van der Waals surface area contributed by atoms with Gasteiger partial charge in [0.2, 0.25) is 5.89 Å². The van der Waals surface area contributed by atoms with Gasteiger partial charge in [-0.15, -0.1) is 0 Å². The molecule has 17 heavy (non-hydrogen) atoms. The van der Waals surface area contributed by atoms with Gasteiger partial charge in [-0.1, -0.05) is 22.0 Å². The van der Waals surface area contributed by atoms with Crippen molar-refractivity contribution in [3.05, 3.63) is 40.7 Å². The Bertz CT molecular complexity index is 520. The molecule has 1 aromatic heterocycles. The first-order chi connectivity index (χ1) is 8.31. The molecule has 2 aromatic rings. The molecule has 1 heterocycles.